The van der Waals surface area contributed by atoms with E-state index in [0.717, 1.165) is 68.6 Å². The second kappa shape index (κ2) is 14.7. The third-order valence-corrected chi connectivity index (χ3v) is 10.2. The maximum atomic E-state index is 16.1. The van der Waals surface area contributed by atoms with Crippen molar-refractivity contribution in [1.82, 2.24) is 9.88 Å². The summed E-state index contributed by atoms with van der Waals surface area (Å²) < 4.78 is 45.9. The highest BCUT2D eigenvalue weighted by Crippen LogP contribution is 2.43. The number of aromatic nitrogens is 1. The monoisotopic (exact) mass is 697 g/mol. The van der Waals surface area contributed by atoms with Crippen LogP contribution in [0.1, 0.15) is 73.4 Å². The van der Waals surface area contributed by atoms with Crippen LogP contribution in [0.5, 0.6) is 0 Å². The van der Waals surface area contributed by atoms with E-state index in [9.17, 15) is 9.18 Å². The van der Waals surface area contributed by atoms with Crippen LogP contribution in [0.15, 0.2) is 30.3 Å². The third-order valence-electron chi connectivity index (χ3n) is 8.80. The summed E-state index contributed by atoms with van der Waals surface area (Å²) in [6.07, 6.45) is 7.36. The minimum atomic E-state index is -1.41. The summed E-state index contributed by atoms with van der Waals surface area (Å²) in [6, 6.07) is 7.90. The molecule has 10 heteroatoms. The van der Waals surface area contributed by atoms with Gasteiger partial charge >= 0.3 is 5.97 Å². The Bertz CT molecular complexity index is 1210. The lowest BCUT2D eigenvalue weighted by Crippen LogP contribution is -2.36. The van der Waals surface area contributed by atoms with Crippen LogP contribution in [0.4, 0.5) is 14.6 Å². The lowest BCUT2D eigenvalue weighted by molar-refractivity contribution is -0.147. The number of hydrogen-bond acceptors (Lipinski definition) is 7. The molecule has 3 aliphatic rings. The Labute approximate surface area is 261 Å². The normalized spacial score (nSPS) is 21.8. The van der Waals surface area contributed by atoms with Gasteiger partial charge in [0.1, 0.15) is 17.7 Å². The molecule has 230 valence electrons. The average molecular weight is 698 g/mol. The Morgan fingerprint density at radius 2 is 2.07 bits per heavy atom. The molecule has 5 rings (SSSR count). The van der Waals surface area contributed by atoms with E-state index in [0.29, 0.717) is 44.7 Å². The molecule has 42 heavy (non-hydrogen) atoms. The van der Waals surface area contributed by atoms with Gasteiger partial charge in [-0.05, 0) is 122 Å². The highest BCUT2D eigenvalue weighted by Gasteiger charge is 2.44. The van der Waals surface area contributed by atoms with E-state index >= 15 is 4.39 Å². The number of fused-ring (bicyclic) bond motifs is 1. The number of rotatable bonds is 12. The van der Waals surface area contributed by atoms with Gasteiger partial charge in [0.2, 0.25) is 0 Å². The van der Waals surface area contributed by atoms with Gasteiger partial charge in [-0.3, -0.25) is 4.90 Å². The van der Waals surface area contributed by atoms with Crippen LogP contribution >= 0.6 is 22.6 Å². The van der Waals surface area contributed by atoms with Crippen LogP contribution in [0, 0.1) is 11.7 Å². The van der Waals surface area contributed by atoms with Crippen molar-refractivity contribution in [2.75, 3.05) is 45.3 Å². The quantitative estimate of drug-likeness (QED) is 0.121. The molecule has 0 radical (unpaired) electrons. The molecule has 1 aromatic carbocycles. The minimum absolute atomic E-state index is 0.0651. The van der Waals surface area contributed by atoms with Crippen molar-refractivity contribution in [1.29, 1.82) is 0 Å². The summed E-state index contributed by atoms with van der Waals surface area (Å²) in [4.78, 5) is 19.8. The Hall–Kier alpha value is -1.89. The van der Waals surface area contributed by atoms with Crippen LogP contribution in [0.2, 0.25) is 0 Å². The number of pyridine rings is 1. The number of likely N-dealkylation sites (tertiary alicyclic amines) is 1. The van der Waals surface area contributed by atoms with E-state index in [-0.39, 0.29) is 18.6 Å². The van der Waals surface area contributed by atoms with E-state index in [2.05, 4.69) is 17.4 Å². The van der Waals surface area contributed by atoms with Crippen LogP contribution in [-0.2, 0) is 38.5 Å². The number of hydrogen-bond donors (Lipinski definition) is 1. The molecule has 7 nitrogen and oxygen atoms in total. The predicted molar refractivity (Wildman–Crippen MR) is 166 cm³/mol. The second-order valence-electron chi connectivity index (χ2n) is 11.7. The van der Waals surface area contributed by atoms with Crippen molar-refractivity contribution < 1.29 is 27.8 Å². The number of nitrogens with one attached hydrogen (secondary N) is 1. The zero-order chi connectivity index (χ0) is 29.5. The summed E-state index contributed by atoms with van der Waals surface area (Å²) in [5.41, 5.74) is 3.59. The zero-order valence-corrected chi connectivity index (χ0v) is 26.5. The Balaban J connectivity index is 1.19. The number of anilines is 1. The van der Waals surface area contributed by atoms with E-state index < -0.39 is 21.5 Å². The van der Waals surface area contributed by atoms with E-state index in [1.165, 1.54) is 24.8 Å². The number of unbranched alkanes of at least 4 members (excludes halogenated alkanes) is 1. The number of aryl methyl sites for hydroxylation is 2. The molecular formula is C32H42F2IN3O4. The number of nitrogens with zero attached hydrogens (tertiary/aromatic N) is 2. The maximum Gasteiger partial charge on any atom is 0.327 e. The van der Waals surface area contributed by atoms with E-state index in [1.54, 1.807) is 6.07 Å². The van der Waals surface area contributed by atoms with E-state index in [4.69, 9.17) is 19.2 Å². The number of carbonyl (C=O) groups excluding carboxylic acids is 1. The molecule has 0 saturated carbocycles. The van der Waals surface area contributed by atoms with Gasteiger partial charge in [0, 0.05) is 37.9 Å². The molecule has 3 atom stereocenters. The van der Waals surface area contributed by atoms with Crippen molar-refractivity contribution >= 4 is 34.4 Å². The second-order valence-corrected chi connectivity index (χ2v) is 13.5. The lowest BCUT2D eigenvalue weighted by atomic mass is 9.96. The first-order valence-electron chi connectivity index (χ1n) is 15.2. The van der Waals surface area contributed by atoms with Crippen LogP contribution < -0.4 is 5.32 Å². The number of benzene rings is 1. The van der Waals surface area contributed by atoms with Gasteiger partial charge in [0.05, 0.1) is 19.8 Å². The van der Waals surface area contributed by atoms with Crippen LogP contribution in [0.3, 0.4) is 0 Å². The Morgan fingerprint density at radius 1 is 1.24 bits per heavy atom. The highest BCUT2D eigenvalue weighted by atomic mass is 127. The van der Waals surface area contributed by atoms with Gasteiger partial charge in [-0.1, -0.05) is 12.1 Å². The minimum Gasteiger partial charge on any atom is -0.468 e. The van der Waals surface area contributed by atoms with Gasteiger partial charge in [0.15, 0.2) is 3.68 Å². The summed E-state index contributed by atoms with van der Waals surface area (Å²) >= 11 is 1.96. The summed E-state index contributed by atoms with van der Waals surface area (Å²) in [5.74, 6) is -0.150. The lowest BCUT2D eigenvalue weighted by Gasteiger charge is -2.30. The molecule has 3 aliphatic heterocycles. The number of halogens is 3. The zero-order valence-electron chi connectivity index (χ0n) is 24.4. The standard InChI is InChI=1S/C32H42F2IN3O4/c1-40-31(39)29(28-19-25(33)9-7-23(28)21-42-27-12-17-41-18-13-27)38-16-11-24(20-38)32(34,35)14-3-2-6-26-10-8-22-5-4-15-36-30(22)37-26/h7-10,19,24,27,29H,2-6,11-18,20-21H2,1H3,(H,36,37)/t24-,29-,32?/m1/s1. The summed E-state index contributed by atoms with van der Waals surface area (Å²) in [7, 11) is 1.34. The van der Waals surface area contributed by atoms with Crippen molar-refractivity contribution in [2.45, 2.75) is 80.2 Å². The maximum absolute atomic E-state index is 16.1. The molecular weight excluding hydrogens is 655 g/mol. The van der Waals surface area contributed by atoms with Crippen LogP contribution in [-0.4, -0.2) is 65.6 Å². The van der Waals surface area contributed by atoms with Gasteiger partial charge < -0.3 is 19.5 Å². The largest absolute Gasteiger partial charge is 0.468 e. The Morgan fingerprint density at radius 3 is 2.88 bits per heavy atom. The fourth-order valence-corrected chi connectivity index (χ4v) is 7.22. The van der Waals surface area contributed by atoms with Gasteiger partial charge in [-0.25, -0.2) is 18.6 Å². The first-order valence-corrected chi connectivity index (χ1v) is 16.3. The topological polar surface area (TPSA) is 72.9 Å². The molecule has 0 bridgehead atoms. The molecule has 0 aliphatic carbocycles. The smallest absolute Gasteiger partial charge is 0.327 e. The number of methoxy groups -OCH3 is 1. The fraction of sp³-hybridized carbons (Fsp3) is 0.625. The van der Waals surface area contributed by atoms with Gasteiger partial charge in [-0.2, -0.15) is 0 Å². The van der Waals surface area contributed by atoms with E-state index in [1.807, 2.05) is 27.5 Å². The molecule has 2 fully saturated rings. The first kappa shape index (κ1) is 31.5. The number of ether oxygens (including phenoxy) is 3. The van der Waals surface area contributed by atoms with Crippen LogP contribution in [0.25, 0.3) is 0 Å². The molecule has 2 saturated heterocycles. The molecule has 0 spiro atoms. The number of carbonyl (C=O) groups is 1. The molecule has 2 aromatic rings. The molecule has 1 aromatic heterocycles. The predicted octanol–water partition coefficient (Wildman–Crippen LogP) is 6.32. The van der Waals surface area contributed by atoms with Gasteiger partial charge in [-0.15, -0.1) is 0 Å². The van der Waals surface area contributed by atoms with Gasteiger partial charge in [0.25, 0.3) is 0 Å². The summed E-state index contributed by atoms with van der Waals surface area (Å²) in [5, 5.41) is 3.38. The average Bonchev–Trinajstić information content (AvgIpc) is 3.50. The highest BCUT2D eigenvalue weighted by molar-refractivity contribution is 14.1. The molecule has 1 unspecified atom stereocenters. The van der Waals surface area contributed by atoms with Crippen molar-refractivity contribution in [3.63, 3.8) is 0 Å². The first-order chi connectivity index (χ1) is 20.3. The number of esters is 1. The third kappa shape index (κ3) is 7.98. The van der Waals surface area contributed by atoms with Crippen molar-refractivity contribution in [3.05, 3.63) is 58.5 Å². The fourth-order valence-electron chi connectivity index (χ4n) is 6.33. The van der Waals surface area contributed by atoms with Crippen molar-refractivity contribution in [2.24, 2.45) is 5.92 Å². The molecule has 4 heterocycles. The molecule has 0 amide bonds. The summed E-state index contributed by atoms with van der Waals surface area (Å²) in [6.45, 7) is 3.47. The SMILES string of the molecule is COC(=O)[C@@H](c1cc(F)ccc1COC1CCOCC1)N1CC[C@@H](C(F)(I)CCCCc2ccc3c(n2)NCCC3)C1. The molecule has 1 N–H and O–H groups in total. The van der Waals surface area contributed by atoms with Crippen molar-refractivity contribution in [3.8, 4) is 0 Å². The Kier molecular flexibility index (Phi) is 11.1. The number of alkyl halides is 2.